The average Bonchev–Trinajstić information content (AvgIpc) is 3.38. The van der Waals surface area contributed by atoms with Gasteiger partial charge in [0.25, 0.3) is 0 Å². The van der Waals surface area contributed by atoms with Crippen molar-refractivity contribution < 1.29 is 19.4 Å². The highest BCUT2D eigenvalue weighted by Crippen LogP contribution is 2.23. The molecule has 3 heterocycles. The van der Waals surface area contributed by atoms with Gasteiger partial charge in [-0.05, 0) is 37.1 Å². The smallest absolute Gasteiger partial charge is 0.335 e. The van der Waals surface area contributed by atoms with Crippen molar-refractivity contribution in [1.29, 1.82) is 0 Å². The Hall–Kier alpha value is -4.48. The lowest BCUT2D eigenvalue weighted by Crippen LogP contribution is -2.20. The van der Waals surface area contributed by atoms with Gasteiger partial charge in [-0.2, -0.15) is 9.61 Å². The predicted octanol–water partition coefficient (Wildman–Crippen LogP) is 0.643. The van der Waals surface area contributed by atoms with Gasteiger partial charge in [0.15, 0.2) is 11.1 Å². The number of rotatable bonds is 5. The van der Waals surface area contributed by atoms with Gasteiger partial charge in [0.05, 0.1) is 23.5 Å². The Morgan fingerprint density at radius 3 is 2.78 bits per heavy atom. The number of carboxylic acids is 1. The first-order valence-electron chi connectivity index (χ1n) is 9.63. The number of aromatic carboxylic acids is 1. The Morgan fingerprint density at radius 1 is 1.31 bits per heavy atom. The van der Waals surface area contributed by atoms with E-state index in [-0.39, 0.29) is 34.7 Å². The number of imidazole rings is 1. The first kappa shape index (κ1) is 19.5. The quantitative estimate of drug-likeness (QED) is 0.306. The summed E-state index contributed by atoms with van der Waals surface area (Å²) in [6, 6.07) is 5.30. The Balaban J connectivity index is 1.64. The van der Waals surface area contributed by atoms with Gasteiger partial charge in [0.1, 0.15) is 17.3 Å². The van der Waals surface area contributed by atoms with E-state index in [9.17, 15) is 19.1 Å². The maximum absolute atomic E-state index is 14.4. The Morgan fingerprint density at radius 2 is 2.12 bits per heavy atom. The van der Waals surface area contributed by atoms with Gasteiger partial charge in [0, 0.05) is 11.3 Å². The molecule has 4 aromatic rings. The molecule has 0 saturated heterocycles. The lowest BCUT2D eigenvalue weighted by molar-refractivity contribution is 0.0696. The fraction of sp³-hybridized carbons (Fsp3) is 0.150. The molecule has 1 aliphatic rings. The number of carboxylic acid groups (broad SMARTS) is 1. The maximum atomic E-state index is 14.4. The number of fused-ring (bicyclic) bond motifs is 1. The van der Waals surface area contributed by atoms with E-state index in [4.69, 9.17) is 5.11 Å². The monoisotopic (exact) mass is 437 g/mol. The van der Waals surface area contributed by atoms with E-state index < -0.39 is 17.5 Å². The molecule has 0 amide bonds. The number of nitrogens with zero attached hydrogens (tertiary/aromatic N) is 4. The number of H-pyrrole nitrogens is 2. The topological polar surface area (TPSA) is 161 Å². The van der Waals surface area contributed by atoms with E-state index in [1.54, 1.807) is 6.07 Å². The second-order valence-electron chi connectivity index (χ2n) is 7.31. The van der Waals surface area contributed by atoms with E-state index >= 15 is 0 Å². The predicted molar refractivity (Wildman–Crippen MR) is 110 cm³/mol. The lowest BCUT2D eigenvalue weighted by atomic mass is 10.2. The van der Waals surface area contributed by atoms with Crippen LogP contribution >= 0.6 is 0 Å². The zero-order chi connectivity index (χ0) is 22.4. The highest BCUT2D eigenvalue weighted by atomic mass is 19.1. The molecular weight excluding hydrogens is 421 g/mol. The van der Waals surface area contributed by atoms with E-state index in [0.29, 0.717) is 16.4 Å². The van der Waals surface area contributed by atoms with Crippen LogP contribution in [0.4, 0.5) is 15.9 Å². The summed E-state index contributed by atoms with van der Waals surface area (Å²) in [7, 11) is 0. The van der Waals surface area contributed by atoms with Gasteiger partial charge in [-0.3, -0.25) is 9.98 Å². The molecule has 11 nitrogen and oxygen atoms in total. The molecule has 3 aromatic heterocycles. The number of aromatic hydroxyl groups is 1. The van der Waals surface area contributed by atoms with Crippen molar-refractivity contribution in [2.24, 2.45) is 4.99 Å². The van der Waals surface area contributed by atoms with Gasteiger partial charge < -0.3 is 20.5 Å². The van der Waals surface area contributed by atoms with Crippen LogP contribution in [0.15, 0.2) is 40.2 Å². The molecule has 0 aliphatic heterocycles. The zero-order valence-corrected chi connectivity index (χ0v) is 16.3. The SMILES string of the molecule is O=C(O)c1ccc(Nc2cc(=NC3CC3)n3ncc(=Cc4[nH]c(=O)[nH]c4O)c3n2)c(F)c1. The number of aromatic nitrogens is 5. The molecule has 0 atom stereocenters. The Bertz CT molecular complexity index is 1550. The summed E-state index contributed by atoms with van der Waals surface area (Å²) >= 11 is 0. The number of benzene rings is 1. The fourth-order valence-corrected chi connectivity index (χ4v) is 3.15. The molecule has 1 fully saturated rings. The summed E-state index contributed by atoms with van der Waals surface area (Å²) < 4.78 is 15.9. The molecule has 5 rings (SSSR count). The second kappa shape index (κ2) is 7.34. The highest BCUT2D eigenvalue weighted by Gasteiger charge is 2.20. The van der Waals surface area contributed by atoms with E-state index in [1.807, 2.05) is 0 Å². The maximum Gasteiger partial charge on any atom is 0.335 e. The van der Waals surface area contributed by atoms with Crippen molar-refractivity contribution in [2.45, 2.75) is 18.9 Å². The summed E-state index contributed by atoms with van der Waals surface area (Å²) in [4.78, 5) is 36.3. The van der Waals surface area contributed by atoms with Crippen LogP contribution in [0.25, 0.3) is 11.7 Å². The minimum atomic E-state index is -1.23. The van der Waals surface area contributed by atoms with Gasteiger partial charge in [0.2, 0.25) is 5.88 Å². The minimum absolute atomic E-state index is 0.0434. The summed E-state index contributed by atoms with van der Waals surface area (Å²) in [5, 5.41) is 26.5. The van der Waals surface area contributed by atoms with Crippen molar-refractivity contribution in [3.8, 4) is 5.88 Å². The van der Waals surface area contributed by atoms with Crippen LogP contribution in [-0.4, -0.2) is 46.8 Å². The number of aromatic amines is 2. The number of hydrogen-bond acceptors (Lipinski definition) is 7. The molecule has 5 N–H and O–H groups in total. The first-order chi connectivity index (χ1) is 15.4. The van der Waals surface area contributed by atoms with E-state index in [0.717, 1.165) is 18.9 Å². The molecule has 0 bridgehead atoms. The minimum Gasteiger partial charge on any atom is -0.493 e. The third-order valence-corrected chi connectivity index (χ3v) is 4.86. The van der Waals surface area contributed by atoms with Crippen molar-refractivity contribution >= 4 is 29.2 Å². The number of halogens is 1. The third-order valence-electron chi connectivity index (χ3n) is 4.86. The molecule has 32 heavy (non-hydrogen) atoms. The van der Waals surface area contributed by atoms with Crippen LogP contribution in [0.1, 0.15) is 28.9 Å². The van der Waals surface area contributed by atoms with Gasteiger partial charge in [-0.1, -0.05) is 0 Å². The molecule has 1 saturated carbocycles. The molecule has 12 heteroatoms. The van der Waals surface area contributed by atoms with E-state index in [2.05, 4.69) is 30.4 Å². The molecular formula is C20H16FN7O4. The average molecular weight is 437 g/mol. The van der Waals surface area contributed by atoms with Crippen LogP contribution in [0.3, 0.4) is 0 Å². The van der Waals surface area contributed by atoms with Crippen LogP contribution < -0.4 is 21.7 Å². The van der Waals surface area contributed by atoms with Crippen LogP contribution in [0.5, 0.6) is 5.88 Å². The third kappa shape index (κ3) is 3.69. The molecule has 0 spiro atoms. The summed E-state index contributed by atoms with van der Waals surface area (Å²) in [5.74, 6) is -2.04. The Kier molecular flexibility index (Phi) is 4.47. The molecule has 0 radical (unpaired) electrons. The molecule has 0 unspecified atom stereocenters. The number of anilines is 2. The van der Waals surface area contributed by atoms with Crippen molar-refractivity contribution in [3.05, 3.63) is 68.7 Å². The standard InChI is InChI=1S/C20H16FN7O4/c21-12-5-9(19(30)31)1-4-13(12)24-15-7-16(23-11-2-3-11)28-17(26-15)10(8-22-28)6-14-18(29)27-20(32)25-14/h1,4-8,11,24,29H,2-3H2,(H,30,31)(H2,25,27,32). The highest BCUT2D eigenvalue weighted by molar-refractivity contribution is 5.88. The number of hydrogen-bond donors (Lipinski definition) is 5. The van der Waals surface area contributed by atoms with Crippen molar-refractivity contribution in [1.82, 2.24) is 24.6 Å². The zero-order valence-electron chi connectivity index (χ0n) is 16.3. The normalized spacial score (nSPS) is 14.9. The largest absolute Gasteiger partial charge is 0.493 e. The van der Waals surface area contributed by atoms with Gasteiger partial charge >= 0.3 is 11.7 Å². The van der Waals surface area contributed by atoms with E-state index in [1.165, 1.54) is 28.9 Å². The summed E-state index contributed by atoms with van der Waals surface area (Å²) in [5.41, 5.74) is 0.314. The second-order valence-corrected chi connectivity index (χ2v) is 7.31. The summed E-state index contributed by atoms with van der Waals surface area (Å²) in [6.07, 6.45) is 4.91. The fourth-order valence-electron chi connectivity index (χ4n) is 3.15. The van der Waals surface area contributed by atoms with Crippen molar-refractivity contribution in [3.63, 3.8) is 0 Å². The first-order valence-corrected chi connectivity index (χ1v) is 9.63. The van der Waals surface area contributed by atoms with Gasteiger partial charge in [-0.15, -0.1) is 0 Å². The van der Waals surface area contributed by atoms with Gasteiger partial charge in [-0.25, -0.2) is 19.0 Å². The van der Waals surface area contributed by atoms with Crippen molar-refractivity contribution in [2.75, 3.05) is 5.32 Å². The molecule has 1 aliphatic carbocycles. The van der Waals surface area contributed by atoms with Crippen LogP contribution in [0, 0.1) is 5.82 Å². The number of carbonyl (C=O) groups is 1. The van der Waals surface area contributed by atoms with Crippen LogP contribution in [-0.2, 0) is 0 Å². The molecule has 162 valence electrons. The molecule has 1 aromatic carbocycles. The van der Waals surface area contributed by atoms with Crippen LogP contribution in [0.2, 0.25) is 0 Å². The number of nitrogens with one attached hydrogen (secondary N) is 3. The summed E-state index contributed by atoms with van der Waals surface area (Å²) in [6.45, 7) is 0. The lowest BCUT2D eigenvalue weighted by Gasteiger charge is -2.08. The Labute approximate surface area is 177 Å².